The van der Waals surface area contributed by atoms with Gasteiger partial charge in [-0.2, -0.15) is 0 Å². The number of hydrogen-bond acceptors (Lipinski definition) is 5. The van der Waals surface area contributed by atoms with E-state index in [1.807, 2.05) is 45.0 Å². The van der Waals surface area contributed by atoms with Gasteiger partial charge in [-0.1, -0.05) is 24.3 Å². The van der Waals surface area contributed by atoms with Gasteiger partial charge in [0, 0.05) is 37.5 Å². The first kappa shape index (κ1) is 23.3. The summed E-state index contributed by atoms with van der Waals surface area (Å²) in [5.41, 5.74) is 2.79. The summed E-state index contributed by atoms with van der Waals surface area (Å²) in [6, 6.07) is 7.42. The zero-order valence-electron chi connectivity index (χ0n) is 17.7. The number of guanidine groups is 1. The van der Waals surface area contributed by atoms with Crippen LogP contribution in [0.5, 0.6) is 0 Å². The zero-order chi connectivity index (χ0) is 21.4. The van der Waals surface area contributed by atoms with Crippen LogP contribution in [-0.2, 0) is 28.7 Å². The predicted octanol–water partition coefficient (Wildman–Crippen LogP) is 2.50. The molecular weight excluding hydrogens is 406 g/mol. The molecule has 0 saturated heterocycles. The summed E-state index contributed by atoms with van der Waals surface area (Å²) in [6.45, 7) is 8.95. The second-order valence-electron chi connectivity index (χ2n) is 7.15. The van der Waals surface area contributed by atoms with Crippen LogP contribution in [0, 0.1) is 13.8 Å². The summed E-state index contributed by atoms with van der Waals surface area (Å²) >= 11 is 1.72. The number of benzene rings is 1. The highest BCUT2D eigenvalue weighted by molar-refractivity contribution is 7.88. The summed E-state index contributed by atoms with van der Waals surface area (Å²) in [6.07, 6.45) is 0.829. The van der Waals surface area contributed by atoms with E-state index in [1.54, 1.807) is 18.4 Å². The zero-order valence-corrected chi connectivity index (χ0v) is 19.4. The minimum Gasteiger partial charge on any atom is -0.356 e. The number of hydrogen-bond donors (Lipinski definition) is 3. The van der Waals surface area contributed by atoms with Crippen molar-refractivity contribution in [3.8, 4) is 0 Å². The lowest BCUT2D eigenvalue weighted by atomic mass is 10.1. The van der Waals surface area contributed by atoms with Crippen molar-refractivity contribution in [3.63, 3.8) is 0 Å². The third-order valence-corrected chi connectivity index (χ3v) is 6.91. The Morgan fingerprint density at radius 2 is 1.86 bits per heavy atom. The first-order valence-electron chi connectivity index (χ1n) is 9.64. The van der Waals surface area contributed by atoms with E-state index >= 15 is 0 Å². The average Bonchev–Trinajstić information content (AvgIpc) is 2.95. The first-order valence-corrected chi connectivity index (χ1v) is 12.1. The predicted molar refractivity (Wildman–Crippen MR) is 121 cm³/mol. The van der Waals surface area contributed by atoms with Gasteiger partial charge in [0.15, 0.2) is 5.96 Å². The highest BCUT2D eigenvalue weighted by atomic mass is 32.2. The second kappa shape index (κ2) is 10.7. The summed E-state index contributed by atoms with van der Waals surface area (Å²) in [5.74, 6) is 0.630. The minimum absolute atomic E-state index is 0.0438. The summed E-state index contributed by atoms with van der Waals surface area (Å²) in [5, 5.41) is 7.66. The van der Waals surface area contributed by atoms with Gasteiger partial charge < -0.3 is 10.6 Å². The molecule has 2 rings (SSSR count). The van der Waals surface area contributed by atoms with Crippen LogP contribution in [0.3, 0.4) is 0 Å². The maximum Gasteiger partial charge on any atom is 0.216 e. The van der Waals surface area contributed by atoms with Crippen LogP contribution in [0.15, 0.2) is 29.3 Å². The molecule has 29 heavy (non-hydrogen) atoms. The third-order valence-electron chi connectivity index (χ3n) is 4.25. The Bertz CT molecular complexity index is 917. The number of thiazole rings is 1. The Morgan fingerprint density at radius 3 is 2.45 bits per heavy atom. The normalized spacial score (nSPS) is 12.4. The van der Waals surface area contributed by atoms with E-state index in [-0.39, 0.29) is 11.8 Å². The lowest BCUT2D eigenvalue weighted by Gasteiger charge is -2.15. The van der Waals surface area contributed by atoms with E-state index in [1.165, 1.54) is 4.88 Å². The number of rotatable bonds is 9. The molecule has 1 aromatic carbocycles. The smallest absolute Gasteiger partial charge is 0.216 e. The quantitative estimate of drug-likeness (QED) is 0.414. The van der Waals surface area contributed by atoms with E-state index < -0.39 is 10.0 Å². The number of nitrogens with one attached hydrogen (secondary N) is 3. The molecule has 0 atom stereocenters. The summed E-state index contributed by atoms with van der Waals surface area (Å²) < 4.78 is 27.2. The molecular formula is C20H31N5O2S2. The number of nitrogens with zero attached hydrogens (tertiary/aromatic N) is 2. The van der Waals surface area contributed by atoms with Gasteiger partial charge in [-0.25, -0.2) is 18.1 Å². The lowest BCUT2D eigenvalue weighted by molar-refractivity contribution is 0.568. The largest absolute Gasteiger partial charge is 0.356 e. The maximum atomic E-state index is 12.3. The van der Waals surface area contributed by atoms with Gasteiger partial charge in [0.1, 0.15) is 0 Å². The fourth-order valence-electron chi connectivity index (χ4n) is 2.81. The Balaban J connectivity index is 1.92. The van der Waals surface area contributed by atoms with Crippen LogP contribution >= 0.6 is 11.3 Å². The Labute approximate surface area is 178 Å². The molecule has 0 fully saturated rings. The van der Waals surface area contributed by atoms with E-state index in [4.69, 9.17) is 0 Å². The number of aryl methyl sites for hydroxylation is 2. The molecule has 7 nitrogen and oxygen atoms in total. The van der Waals surface area contributed by atoms with E-state index in [2.05, 4.69) is 32.3 Å². The Kier molecular flexibility index (Phi) is 8.60. The highest BCUT2D eigenvalue weighted by Gasteiger charge is 2.15. The van der Waals surface area contributed by atoms with Crippen molar-refractivity contribution >= 4 is 27.3 Å². The Morgan fingerprint density at radius 1 is 1.17 bits per heavy atom. The molecule has 0 aliphatic carbocycles. The summed E-state index contributed by atoms with van der Waals surface area (Å²) in [4.78, 5) is 10.0. The second-order valence-corrected chi connectivity index (χ2v) is 10.2. The lowest BCUT2D eigenvalue weighted by Crippen LogP contribution is -2.38. The number of aromatic nitrogens is 1. The molecule has 0 aliphatic rings. The van der Waals surface area contributed by atoms with E-state index in [9.17, 15) is 8.42 Å². The van der Waals surface area contributed by atoms with Crippen molar-refractivity contribution < 1.29 is 8.42 Å². The summed E-state index contributed by atoms with van der Waals surface area (Å²) in [7, 11) is -1.66. The van der Waals surface area contributed by atoms with Gasteiger partial charge in [-0.15, -0.1) is 11.3 Å². The van der Waals surface area contributed by atoms with Crippen molar-refractivity contribution in [3.05, 3.63) is 51.0 Å². The van der Waals surface area contributed by atoms with Gasteiger partial charge in [0.25, 0.3) is 0 Å². The van der Waals surface area contributed by atoms with Gasteiger partial charge in [0.05, 0.1) is 16.5 Å². The number of sulfonamides is 1. The van der Waals surface area contributed by atoms with Crippen molar-refractivity contribution in [1.29, 1.82) is 0 Å². The highest BCUT2D eigenvalue weighted by Crippen LogP contribution is 2.16. The topological polar surface area (TPSA) is 95.5 Å². The molecule has 1 aromatic heterocycles. The molecule has 0 amide bonds. The molecule has 9 heteroatoms. The molecule has 0 saturated carbocycles. The van der Waals surface area contributed by atoms with Gasteiger partial charge >= 0.3 is 0 Å². The van der Waals surface area contributed by atoms with Gasteiger partial charge in [0.2, 0.25) is 10.0 Å². The van der Waals surface area contributed by atoms with Crippen molar-refractivity contribution in [1.82, 2.24) is 20.3 Å². The number of aliphatic imine (C=N–C) groups is 1. The minimum atomic E-state index is -3.38. The fourth-order valence-corrected chi connectivity index (χ4v) is 5.24. The van der Waals surface area contributed by atoms with Crippen LogP contribution in [-0.4, -0.2) is 39.0 Å². The van der Waals surface area contributed by atoms with Crippen LogP contribution in [0.4, 0.5) is 0 Å². The first-order chi connectivity index (χ1) is 13.7. The van der Waals surface area contributed by atoms with Crippen LogP contribution in [0.2, 0.25) is 0 Å². The van der Waals surface area contributed by atoms with Crippen LogP contribution in [0.1, 0.15) is 40.6 Å². The fraction of sp³-hybridized carbons (Fsp3) is 0.500. The Hall–Kier alpha value is -1.97. The molecule has 3 N–H and O–H groups in total. The van der Waals surface area contributed by atoms with Crippen molar-refractivity contribution in [2.45, 2.75) is 52.5 Å². The third kappa shape index (κ3) is 7.75. The molecule has 0 spiro atoms. The van der Waals surface area contributed by atoms with Crippen molar-refractivity contribution in [2.24, 2.45) is 4.99 Å². The molecule has 0 unspecified atom stereocenters. The molecule has 160 valence electrons. The monoisotopic (exact) mass is 437 g/mol. The van der Waals surface area contributed by atoms with Crippen LogP contribution < -0.4 is 15.4 Å². The molecule has 0 bridgehead atoms. The molecule has 0 aliphatic heterocycles. The van der Waals surface area contributed by atoms with E-state index in [0.717, 1.165) is 34.8 Å². The van der Waals surface area contributed by atoms with Crippen LogP contribution in [0.25, 0.3) is 0 Å². The molecule has 2 aromatic rings. The maximum absolute atomic E-state index is 12.3. The average molecular weight is 438 g/mol. The standard InChI is InChI=1S/C20H31N5O2S2/c1-14(2)25-29(26,27)13-18-9-7-6-8-17(18)12-23-20(21-5)22-11-10-19-24-15(3)16(4)28-19/h6-9,14,25H,10-13H2,1-5H3,(H2,21,22,23). The van der Waals surface area contributed by atoms with Gasteiger partial charge in [-0.3, -0.25) is 4.99 Å². The van der Waals surface area contributed by atoms with Gasteiger partial charge in [-0.05, 0) is 38.8 Å². The molecule has 0 radical (unpaired) electrons. The van der Waals surface area contributed by atoms with E-state index in [0.29, 0.717) is 12.5 Å². The molecule has 1 heterocycles. The SMILES string of the molecule is CN=C(NCCc1nc(C)c(C)s1)NCc1ccccc1CS(=O)(=O)NC(C)C. The van der Waals surface area contributed by atoms with Crippen molar-refractivity contribution in [2.75, 3.05) is 13.6 Å².